The summed E-state index contributed by atoms with van der Waals surface area (Å²) in [4.78, 5) is 23.8. The van der Waals surface area contributed by atoms with Gasteiger partial charge in [0, 0.05) is 18.8 Å². The average Bonchev–Trinajstić information content (AvgIpc) is 3.27. The van der Waals surface area contributed by atoms with E-state index in [1.807, 2.05) is 0 Å². The topological polar surface area (TPSA) is 55.9 Å². The maximum atomic E-state index is 12.5. The first-order chi connectivity index (χ1) is 12.7. The van der Waals surface area contributed by atoms with Crippen LogP contribution in [0.5, 0.6) is 0 Å². The number of hydrogen-bond acceptors (Lipinski definition) is 4. The van der Waals surface area contributed by atoms with E-state index >= 15 is 0 Å². The highest BCUT2D eigenvalue weighted by Gasteiger charge is 2.79. The lowest BCUT2D eigenvalue weighted by molar-refractivity contribution is -0.149. The summed E-state index contributed by atoms with van der Waals surface area (Å²) in [5, 5.41) is 0. The second kappa shape index (κ2) is 5.46. The zero-order valence-corrected chi connectivity index (χ0v) is 17.0. The van der Waals surface area contributed by atoms with Gasteiger partial charge in [-0.3, -0.25) is 9.59 Å². The third kappa shape index (κ3) is 2.14. The standard InChI is InChI=1S/C23H32O4/c1-13(24)23-20(27-23)12-19-17-6-5-15-11-16(26-14(2)25)7-9-21(15,3)18(17)8-10-22(19,23)4/h5,16-20H,6-12H2,1-4H3/t16-,17+,18?,19?,20+,21-,22-,23+/m0/s1. The maximum Gasteiger partial charge on any atom is 0.302 e. The molecule has 4 fully saturated rings. The zero-order valence-electron chi connectivity index (χ0n) is 17.0. The zero-order chi connectivity index (χ0) is 19.2. The molecular formula is C23H32O4. The molecule has 27 heavy (non-hydrogen) atoms. The maximum absolute atomic E-state index is 12.5. The van der Waals surface area contributed by atoms with Crippen LogP contribution in [0, 0.1) is 28.6 Å². The van der Waals surface area contributed by atoms with Crippen molar-refractivity contribution in [3.63, 3.8) is 0 Å². The molecule has 0 N–H and O–H groups in total. The molecule has 3 saturated carbocycles. The van der Waals surface area contributed by atoms with Gasteiger partial charge in [-0.15, -0.1) is 0 Å². The number of allylic oxidation sites excluding steroid dienone is 1. The molecule has 0 aromatic heterocycles. The molecule has 5 rings (SSSR count). The predicted molar refractivity (Wildman–Crippen MR) is 101 cm³/mol. The molecule has 1 heterocycles. The molecule has 4 aliphatic carbocycles. The Morgan fingerprint density at radius 3 is 2.63 bits per heavy atom. The number of ether oxygens (including phenoxy) is 2. The van der Waals surface area contributed by atoms with Gasteiger partial charge in [-0.05, 0) is 68.6 Å². The van der Waals surface area contributed by atoms with Gasteiger partial charge < -0.3 is 9.47 Å². The first-order valence-electron chi connectivity index (χ1n) is 10.8. The number of ketones is 1. The minimum Gasteiger partial charge on any atom is -0.462 e. The molecular weight excluding hydrogens is 340 g/mol. The Balaban J connectivity index is 1.43. The fourth-order valence-electron chi connectivity index (χ4n) is 8.03. The fourth-order valence-corrected chi connectivity index (χ4v) is 8.03. The second-order valence-corrected chi connectivity index (χ2v) is 10.3. The molecule has 2 unspecified atom stereocenters. The van der Waals surface area contributed by atoms with Crippen molar-refractivity contribution in [2.45, 2.75) is 90.4 Å². The van der Waals surface area contributed by atoms with E-state index in [1.54, 1.807) is 6.92 Å². The largest absolute Gasteiger partial charge is 0.462 e. The van der Waals surface area contributed by atoms with Crippen LogP contribution in [0.15, 0.2) is 11.6 Å². The van der Waals surface area contributed by atoms with Crippen LogP contribution in [0.1, 0.15) is 72.6 Å². The summed E-state index contributed by atoms with van der Waals surface area (Å²) < 4.78 is 11.6. The van der Waals surface area contributed by atoms with Gasteiger partial charge in [0.15, 0.2) is 11.4 Å². The second-order valence-electron chi connectivity index (χ2n) is 10.3. The lowest BCUT2D eigenvalue weighted by Gasteiger charge is -2.58. The van der Waals surface area contributed by atoms with Crippen molar-refractivity contribution in [1.82, 2.24) is 0 Å². The number of carbonyl (C=O) groups excluding carboxylic acids is 2. The summed E-state index contributed by atoms with van der Waals surface area (Å²) in [5.41, 5.74) is 1.30. The molecule has 0 aromatic rings. The van der Waals surface area contributed by atoms with Crippen LogP contribution in [-0.4, -0.2) is 29.6 Å². The molecule has 148 valence electrons. The number of epoxide rings is 1. The van der Waals surface area contributed by atoms with E-state index in [0.717, 1.165) is 38.5 Å². The highest BCUT2D eigenvalue weighted by molar-refractivity contribution is 5.90. The van der Waals surface area contributed by atoms with Gasteiger partial charge >= 0.3 is 5.97 Å². The van der Waals surface area contributed by atoms with Gasteiger partial charge in [0.1, 0.15) is 6.10 Å². The van der Waals surface area contributed by atoms with Crippen LogP contribution >= 0.6 is 0 Å². The van der Waals surface area contributed by atoms with Gasteiger partial charge in [-0.25, -0.2) is 0 Å². The predicted octanol–water partition coefficient (Wildman–Crippen LogP) is 4.22. The Kier molecular flexibility index (Phi) is 3.62. The van der Waals surface area contributed by atoms with Gasteiger partial charge in [0.05, 0.1) is 6.10 Å². The van der Waals surface area contributed by atoms with E-state index in [0.29, 0.717) is 17.8 Å². The van der Waals surface area contributed by atoms with Gasteiger partial charge in [-0.1, -0.05) is 25.5 Å². The van der Waals surface area contributed by atoms with E-state index in [2.05, 4.69) is 19.9 Å². The van der Waals surface area contributed by atoms with Gasteiger partial charge in [0.2, 0.25) is 0 Å². The summed E-state index contributed by atoms with van der Waals surface area (Å²) in [7, 11) is 0. The molecule has 1 saturated heterocycles. The number of Topliss-reactive ketones (excluding diaryl/α,β-unsaturated/α-hetero) is 1. The van der Waals surface area contributed by atoms with Crippen LogP contribution in [0.4, 0.5) is 0 Å². The highest BCUT2D eigenvalue weighted by atomic mass is 16.6. The molecule has 4 heteroatoms. The SMILES string of the molecule is CC(=O)O[C@H]1CC[C@@]2(C)C(=CC[C@@H]3C2CC[C@@]2(C)C3C[C@H]3O[C@]32C(C)=O)C1. The van der Waals surface area contributed by atoms with Crippen LogP contribution in [0.2, 0.25) is 0 Å². The van der Waals surface area contributed by atoms with Crippen LogP contribution < -0.4 is 0 Å². The number of rotatable bonds is 2. The first-order valence-corrected chi connectivity index (χ1v) is 10.8. The highest BCUT2D eigenvalue weighted by Crippen LogP contribution is 2.73. The van der Waals surface area contributed by atoms with E-state index in [9.17, 15) is 9.59 Å². The van der Waals surface area contributed by atoms with Gasteiger partial charge in [0.25, 0.3) is 0 Å². The van der Waals surface area contributed by atoms with Crippen LogP contribution in [-0.2, 0) is 19.1 Å². The molecule has 8 atom stereocenters. The number of esters is 1. The summed E-state index contributed by atoms with van der Waals surface area (Å²) in [5.74, 6) is 2.03. The Morgan fingerprint density at radius 1 is 1.15 bits per heavy atom. The normalized spacial score (nSPS) is 52.6. The quantitative estimate of drug-likeness (QED) is 0.414. The van der Waals surface area contributed by atoms with Crippen molar-refractivity contribution in [2.24, 2.45) is 28.6 Å². The molecule has 0 bridgehead atoms. The average molecular weight is 373 g/mol. The Hall–Kier alpha value is -1.16. The first kappa shape index (κ1) is 17.9. The number of fused-ring (bicyclic) bond motifs is 7. The summed E-state index contributed by atoms with van der Waals surface area (Å²) in [6.45, 7) is 8.03. The van der Waals surface area contributed by atoms with E-state index < -0.39 is 5.60 Å². The monoisotopic (exact) mass is 372 g/mol. The Morgan fingerprint density at radius 2 is 1.93 bits per heavy atom. The van der Waals surface area contributed by atoms with E-state index in [-0.39, 0.29) is 34.8 Å². The minimum absolute atomic E-state index is 0.0152. The van der Waals surface area contributed by atoms with Gasteiger partial charge in [-0.2, -0.15) is 0 Å². The van der Waals surface area contributed by atoms with Crippen molar-refractivity contribution in [2.75, 3.05) is 0 Å². The third-order valence-corrected chi connectivity index (χ3v) is 9.34. The molecule has 5 aliphatic rings. The molecule has 4 nitrogen and oxygen atoms in total. The number of hydrogen-bond donors (Lipinski definition) is 0. The Bertz CT molecular complexity index is 741. The lowest BCUT2D eigenvalue weighted by Crippen LogP contribution is -2.54. The lowest BCUT2D eigenvalue weighted by atomic mass is 9.47. The van der Waals surface area contributed by atoms with Crippen molar-refractivity contribution < 1.29 is 19.1 Å². The molecule has 1 aliphatic heterocycles. The minimum atomic E-state index is -0.472. The fraction of sp³-hybridized carbons (Fsp3) is 0.826. The number of carbonyl (C=O) groups is 2. The van der Waals surface area contributed by atoms with E-state index in [1.165, 1.54) is 18.9 Å². The summed E-state index contributed by atoms with van der Waals surface area (Å²) in [6, 6.07) is 0. The van der Waals surface area contributed by atoms with Crippen molar-refractivity contribution >= 4 is 11.8 Å². The molecule has 0 aromatic carbocycles. The molecule has 0 spiro atoms. The van der Waals surface area contributed by atoms with Crippen LogP contribution in [0.25, 0.3) is 0 Å². The van der Waals surface area contributed by atoms with Crippen LogP contribution in [0.3, 0.4) is 0 Å². The molecule has 0 amide bonds. The van der Waals surface area contributed by atoms with Crippen molar-refractivity contribution in [1.29, 1.82) is 0 Å². The molecule has 0 radical (unpaired) electrons. The third-order valence-electron chi connectivity index (χ3n) is 9.34. The summed E-state index contributed by atoms with van der Waals surface area (Å²) in [6.07, 6.45) is 10.1. The smallest absolute Gasteiger partial charge is 0.302 e. The van der Waals surface area contributed by atoms with E-state index in [4.69, 9.17) is 9.47 Å². The van der Waals surface area contributed by atoms with Crippen molar-refractivity contribution in [3.05, 3.63) is 11.6 Å². The summed E-state index contributed by atoms with van der Waals surface area (Å²) >= 11 is 0. The Labute approximate surface area is 162 Å². The van der Waals surface area contributed by atoms with Crippen molar-refractivity contribution in [3.8, 4) is 0 Å².